The van der Waals surface area contributed by atoms with Crippen molar-refractivity contribution in [2.45, 2.75) is 13.3 Å². The minimum Gasteiger partial charge on any atom is -0.383 e. The lowest BCUT2D eigenvalue weighted by Crippen LogP contribution is -1.97. The normalized spacial score (nSPS) is 10.7. The van der Waals surface area contributed by atoms with Crippen molar-refractivity contribution in [2.24, 2.45) is 0 Å². The Kier molecular flexibility index (Phi) is 2.08. The standard InChI is InChI=1S/C11H11FN2/c1-2-7-5-8-3-4-9(12)6-10(8)14-11(7)13/h3-6H,2H2,1H3,(H2,13,14). The van der Waals surface area contributed by atoms with Crippen LogP contribution in [0.5, 0.6) is 0 Å². The molecule has 0 aliphatic rings. The van der Waals surface area contributed by atoms with Crippen LogP contribution in [0.3, 0.4) is 0 Å². The number of anilines is 1. The van der Waals surface area contributed by atoms with Crippen molar-refractivity contribution in [3.8, 4) is 0 Å². The van der Waals surface area contributed by atoms with Gasteiger partial charge in [-0.05, 0) is 30.2 Å². The Hall–Kier alpha value is -1.64. The fourth-order valence-electron chi connectivity index (χ4n) is 1.48. The maximum Gasteiger partial charge on any atom is 0.127 e. The summed E-state index contributed by atoms with van der Waals surface area (Å²) in [4.78, 5) is 4.15. The topological polar surface area (TPSA) is 38.9 Å². The van der Waals surface area contributed by atoms with E-state index >= 15 is 0 Å². The van der Waals surface area contributed by atoms with Gasteiger partial charge in [-0.25, -0.2) is 9.37 Å². The third kappa shape index (κ3) is 1.41. The summed E-state index contributed by atoms with van der Waals surface area (Å²) in [7, 11) is 0. The molecule has 0 amide bonds. The summed E-state index contributed by atoms with van der Waals surface area (Å²) in [6.45, 7) is 2.02. The fourth-order valence-corrected chi connectivity index (χ4v) is 1.48. The number of aromatic nitrogens is 1. The van der Waals surface area contributed by atoms with E-state index in [4.69, 9.17) is 5.73 Å². The Balaban J connectivity index is 2.73. The number of hydrogen-bond donors (Lipinski definition) is 1. The lowest BCUT2D eigenvalue weighted by atomic mass is 10.1. The first-order chi connectivity index (χ1) is 6.70. The summed E-state index contributed by atoms with van der Waals surface area (Å²) < 4.78 is 12.9. The molecule has 0 unspecified atom stereocenters. The second kappa shape index (κ2) is 3.25. The molecule has 0 saturated heterocycles. The van der Waals surface area contributed by atoms with E-state index in [9.17, 15) is 4.39 Å². The van der Waals surface area contributed by atoms with E-state index in [-0.39, 0.29) is 5.82 Å². The molecule has 1 aromatic carbocycles. The minimum atomic E-state index is -0.284. The van der Waals surface area contributed by atoms with Crippen molar-refractivity contribution in [1.29, 1.82) is 0 Å². The largest absolute Gasteiger partial charge is 0.383 e. The van der Waals surface area contributed by atoms with Crippen LogP contribution in [0, 0.1) is 5.82 Å². The number of fused-ring (bicyclic) bond motifs is 1. The molecule has 2 nitrogen and oxygen atoms in total. The summed E-state index contributed by atoms with van der Waals surface area (Å²) in [5.74, 6) is 0.208. The van der Waals surface area contributed by atoms with E-state index in [1.165, 1.54) is 12.1 Å². The highest BCUT2D eigenvalue weighted by Crippen LogP contribution is 2.19. The smallest absolute Gasteiger partial charge is 0.127 e. The molecular formula is C11H11FN2. The number of pyridine rings is 1. The third-order valence-corrected chi connectivity index (χ3v) is 2.27. The number of aryl methyl sites for hydroxylation is 1. The molecule has 1 heterocycles. The average molecular weight is 190 g/mol. The summed E-state index contributed by atoms with van der Waals surface area (Å²) in [6, 6.07) is 6.50. The van der Waals surface area contributed by atoms with Crippen molar-refractivity contribution >= 4 is 16.7 Å². The van der Waals surface area contributed by atoms with Crippen molar-refractivity contribution in [3.63, 3.8) is 0 Å². The molecule has 2 aromatic rings. The molecule has 0 aliphatic carbocycles. The van der Waals surface area contributed by atoms with Gasteiger partial charge in [-0.3, -0.25) is 0 Å². The molecule has 0 saturated carbocycles. The van der Waals surface area contributed by atoms with Gasteiger partial charge in [-0.1, -0.05) is 6.92 Å². The van der Waals surface area contributed by atoms with Gasteiger partial charge in [0, 0.05) is 11.5 Å². The minimum absolute atomic E-state index is 0.284. The number of rotatable bonds is 1. The van der Waals surface area contributed by atoms with Crippen LogP contribution in [-0.4, -0.2) is 4.98 Å². The molecular weight excluding hydrogens is 179 g/mol. The number of benzene rings is 1. The predicted molar refractivity (Wildman–Crippen MR) is 55.5 cm³/mol. The van der Waals surface area contributed by atoms with Gasteiger partial charge < -0.3 is 5.73 Å². The third-order valence-electron chi connectivity index (χ3n) is 2.27. The van der Waals surface area contributed by atoms with Crippen LogP contribution in [-0.2, 0) is 6.42 Å². The van der Waals surface area contributed by atoms with Crippen LogP contribution >= 0.6 is 0 Å². The number of hydrogen-bond acceptors (Lipinski definition) is 2. The first-order valence-corrected chi connectivity index (χ1v) is 4.55. The molecule has 0 bridgehead atoms. The predicted octanol–water partition coefficient (Wildman–Crippen LogP) is 2.52. The van der Waals surface area contributed by atoms with Crippen LogP contribution in [0.25, 0.3) is 10.9 Å². The van der Waals surface area contributed by atoms with Gasteiger partial charge >= 0.3 is 0 Å². The molecule has 0 fully saturated rings. The zero-order chi connectivity index (χ0) is 10.1. The average Bonchev–Trinajstić information content (AvgIpc) is 2.16. The zero-order valence-corrected chi connectivity index (χ0v) is 7.92. The lowest BCUT2D eigenvalue weighted by molar-refractivity contribution is 0.629. The first kappa shape index (κ1) is 8.94. The van der Waals surface area contributed by atoms with Crippen molar-refractivity contribution in [3.05, 3.63) is 35.6 Å². The molecule has 2 rings (SSSR count). The number of nitrogen functional groups attached to an aromatic ring is 1. The van der Waals surface area contributed by atoms with Crippen molar-refractivity contribution < 1.29 is 4.39 Å². The SMILES string of the molecule is CCc1cc2ccc(F)cc2nc1N. The van der Waals surface area contributed by atoms with Crippen molar-refractivity contribution in [1.82, 2.24) is 4.98 Å². The molecule has 0 spiro atoms. The van der Waals surface area contributed by atoms with Crippen LogP contribution < -0.4 is 5.73 Å². The quantitative estimate of drug-likeness (QED) is 0.750. The van der Waals surface area contributed by atoms with Crippen LogP contribution in [0.4, 0.5) is 10.2 Å². The van der Waals surface area contributed by atoms with Crippen LogP contribution in [0.2, 0.25) is 0 Å². The molecule has 0 aliphatic heterocycles. The first-order valence-electron chi connectivity index (χ1n) is 4.55. The van der Waals surface area contributed by atoms with Gasteiger partial charge in [0.05, 0.1) is 5.52 Å². The summed E-state index contributed by atoms with van der Waals surface area (Å²) in [5.41, 5.74) is 7.33. The Bertz CT molecular complexity index is 480. The van der Waals surface area contributed by atoms with Crippen LogP contribution in [0.15, 0.2) is 24.3 Å². The van der Waals surface area contributed by atoms with E-state index in [0.717, 1.165) is 17.4 Å². The summed E-state index contributed by atoms with van der Waals surface area (Å²) in [6.07, 6.45) is 0.839. The van der Waals surface area contributed by atoms with E-state index < -0.39 is 0 Å². The van der Waals surface area contributed by atoms with E-state index in [2.05, 4.69) is 4.98 Å². The second-order valence-corrected chi connectivity index (χ2v) is 3.22. The lowest BCUT2D eigenvalue weighted by Gasteiger charge is -2.04. The fraction of sp³-hybridized carbons (Fsp3) is 0.182. The van der Waals surface area contributed by atoms with Gasteiger partial charge in [0.1, 0.15) is 11.6 Å². The number of halogens is 1. The second-order valence-electron chi connectivity index (χ2n) is 3.22. The Morgan fingerprint density at radius 1 is 1.36 bits per heavy atom. The van der Waals surface area contributed by atoms with Crippen LogP contribution in [0.1, 0.15) is 12.5 Å². The van der Waals surface area contributed by atoms with Gasteiger partial charge in [-0.2, -0.15) is 0 Å². The molecule has 72 valence electrons. The van der Waals surface area contributed by atoms with E-state index in [1.807, 2.05) is 13.0 Å². The zero-order valence-electron chi connectivity index (χ0n) is 7.92. The highest BCUT2D eigenvalue weighted by molar-refractivity contribution is 5.81. The Morgan fingerprint density at radius 3 is 2.86 bits per heavy atom. The molecule has 1 aromatic heterocycles. The van der Waals surface area contributed by atoms with Gasteiger partial charge in [0.2, 0.25) is 0 Å². The van der Waals surface area contributed by atoms with Crippen molar-refractivity contribution in [2.75, 3.05) is 5.73 Å². The highest BCUT2D eigenvalue weighted by Gasteiger charge is 2.02. The Morgan fingerprint density at radius 2 is 2.14 bits per heavy atom. The molecule has 0 atom stereocenters. The maximum atomic E-state index is 12.9. The molecule has 0 radical (unpaired) electrons. The van der Waals surface area contributed by atoms with E-state index in [1.54, 1.807) is 6.07 Å². The number of nitrogens with two attached hydrogens (primary N) is 1. The molecule has 2 N–H and O–H groups in total. The summed E-state index contributed by atoms with van der Waals surface area (Å²) in [5, 5.41) is 0.928. The highest BCUT2D eigenvalue weighted by atomic mass is 19.1. The summed E-state index contributed by atoms with van der Waals surface area (Å²) >= 11 is 0. The van der Waals surface area contributed by atoms with Gasteiger partial charge in [-0.15, -0.1) is 0 Å². The van der Waals surface area contributed by atoms with Gasteiger partial charge in [0.25, 0.3) is 0 Å². The van der Waals surface area contributed by atoms with Gasteiger partial charge in [0.15, 0.2) is 0 Å². The molecule has 3 heteroatoms. The Labute approximate surface area is 81.6 Å². The van der Waals surface area contributed by atoms with E-state index in [0.29, 0.717) is 11.3 Å². The monoisotopic (exact) mass is 190 g/mol. The molecule has 14 heavy (non-hydrogen) atoms. The maximum absolute atomic E-state index is 12.9. The number of nitrogens with zero attached hydrogens (tertiary/aromatic N) is 1.